The van der Waals surface area contributed by atoms with E-state index in [9.17, 15) is 9.59 Å². The summed E-state index contributed by atoms with van der Waals surface area (Å²) in [4.78, 5) is 21.6. The molecule has 0 aliphatic rings. The molecule has 0 spiro atoms. The maximum absolute atomic E-state index is 11.5. The van der Waals surface area contributed by atoms with Gasteiger partial charge in [0, 0.05) is 13.1 Å². The summed E-state index contributed by atoms with van der Waals surface area (Å²) in [6.07, 6.45) is 1.17. The molecular weight excluding hydrogens is 244 g/mol. The second-order valence-corrected chi connectivity index (χ2v) is 5.13. The summed E-state index contributed by atoms with van der Waals surface area (Å²) in [5.41, 5.74) is 1.39. The molecule has 0 bridgehead atoms. The van der Waals surface area contributed by atoms with Crippen LogP contribution in [0.1, 0.15) is 31.9 Å². The Hall–Kier alpha value is -2.04. The van der Waals surface area contributed by atoms with Gasteiger partial charge in [0.15, 0.2) is 0 Å². The first-order valence-electron chi connectivity index (χ1n) is 6.05. The molecule has 1 radical (unpaired) electrons. The standard InChI is InChI=1S/C14H19N2O3/c1-14(2,3)19-13(18)16-9-12-6-4-5-11(7-12)8-15-10-17/h4-7H,8-9H2,1-3H3,(H,15,17)(H,16,18). The number of ether oxygens (including phenoxy) is 1. The van der Waals surface area contributed by atoms with E-state index in [-0.39, 0.29) is 0 Å². The third kappa shape index (κ3) is 6.45. The van der Waals surface area contributed by atoms with Crippen LogP contribution in [-0.2, 0) is 22.6 Å². The first-order valence-corrected chi connectivity index (χ1v) is 6.05. The zero-order valence-corrected chi connectivity index (χ0v) is 11.4. The van der Waals surface area contributed by atoms with E-state index >= 15 is 0 Å². The fourth-order valence-corrected chi connectivity index (χ4v) is 1.48. The minimum absolute atomic E-state index is 0.382. The lowest BCUT2D eigenvalue weighted by Crippen LogP contribution is -2.32. The lowest BCUT2D eigenvalue weighted by Gasteiger charge is -2.19. The van der Waals surface area contributed by atoms with Crippen molar-refractivity contribution in [2.24, 2.45) is 0 Å². The number of rotatable bonds is 5. The van der Waals surface area contributed by atoms with E-state index in [0.717, 1.165) is 11.1 Å². The average Bonchev–Trinajstić information content (AvgIpc) is 2.32. The van der Waals surface area contributed by atoms with Crippen LogP contribution in [0.15, 0.2) is 24.3 Å². The van der Waals surface area contributed by atoms with E-state index < -0.39 is 11.7 Å². The van der Waals surface area contributed by atoms with Crippen LogP contribution in [0.3, 0.4) is 0 Å². The zero-order chi connectivity index (χ0) is 14.3. The quantitative estimate of drug-likeness (QED) is 0.797. The molecule has 1 rings (SSSR count). The first-order chi connectivity index (χ1) is 8.90. The predicted molar refractivity (Wildman–Crippen MR) is 72.0 cm³/mol. The average molecular weight is 263 g/mol. The van der Waals surface area contributed by atoms with Gasteiger partial charge in [-0.3, -0.25) is 4.79 Å². The van der Waals surface area contributed by atoms with Gasteiger partial charge in [-0.15, -0.1) is 0 Å². The number of carbonyl (C=O) groups is 1. The Balaban J connectivity index is 2.48. The second kappa shape index (κ2) is 6.78. The molecule has 103 valence electrons. The topological polar surface area (TPSA) is 67.4 Å². The van der Waals surface area contributed by atoms with Crippen LogP contribution in [0.25, 0.3) is 0 Å². The maximum Gasteiger partial charge on any atom is 0.407 e. The normalized spacial score (nSPS) is 10.7. The Labute approximate surface area is 113 Å². The maximum atomic E-state index is 11.5. The summed E-state index contributed by atoms with van der Waals surface area (Å²) in [5.74, 6) is 0. The zero-order valence-electron chi connectivity index (χ0n) is 11.4. The second-order valence-electron chi connectivity index (χ2n) is 5.13. The first kappa shape index (κ1) is 15.0. The smallest absolute Gasteiger partial charge is 0.407 e. The van der Waals surface area contributed by atoms with E-state index in [1.807, 2.05) is 45.0 Å². The Kier molecular flexibility index (Phi) is 5.36. The molecule has 0 saturated heterocycles. The Morgan fingerprint density at radius 1 is 1.26 bits per heavy atom. The van der Waals surface area contributed by atoms with Gasteiger partial charge in [0.05, 0.1) is 0 Å². The Bertz CT molecular complexity index is 439. The van der Waals surface area contributed by atoms with Gasteiger partial charge in [0.25, 0.3) is 0 Å². The number of hydrogen-bond acceptors (Lipinski definition) is 3. The van der Waals surface area contributed by atoms with Gasteiger partial charge in [0.2, 0.25) is 0 Å². The van der Waals surface area contributed by atoms with E-state index in [4.69, 9.17) is 4.74 Å². The largest absolute Gasteiger partial charge is 0.444 e. The van der Waals surface area contributed by atoms with Gasteiger partial charge in [-0.1, -0.05) is 24.3 Å². The molecule has 0 aromatic heterocycles. The number of alkyl carbamates (subject to hydrolysis) is 1. The van der Waals surface area contributed by atoms with Gasteiger partial charge >= 0.3 is 12.5 Å². The molecule has 0 aliphatic heterocycles. The monoisotopic (exact) mass is 263 g/mol. The predicted octanol–water partition coefficient (Wildman–Crippen LogP) is 1.87. The highest BCUT2D eigenvalue weighted by Crippen LogP contribution is 2.08. The molecule has 0 atom stereocenters. The highest BCUT2D eigenvalue weighted by molar-refractivity contribution is 5.67. The molecule has 0 unspecified atom stereocenters. The van der Waals surface area contributed by atoms with E-state index in [0.29, 0.717) is 13.1 Å². The van der Waals surface area contributed by atoms with Crippen molar-refractivity contribution in [2.75, 3.05) is 0 Å². The summed E-state index contributed by atoms with van der Waals surface area (Å²) < 4.78 is 5.14. The van der Waals surface area contributed by atoms with Gasteiger partial charge < -0.3 is 15.4 Å². The summed E-state index contributed by atoms with van der Waals surface area (Å²) >= 11 is 0. The fourth-order valence-electron chi connectivity index (χ4n) is 1.48. The lowest BCUT2D eigenvalue weighted by molar-refractivity contribution is 0.0523. The number of carbonyl (C=O) groups excluding carboxylic acids is 2. The van der Waals surface area contributed by atoms with Gasteiger partial charge in [0.1, 0.15) is 5.60 Å². The molecule has 2 N–H and O–H groups in total. The molecule has 19 heavy (non-hydrogen) atoms. The Morgan fingerprint density at radius 3 is 2.47 bits per heavy atom. The van der Waals surface area contributed by atoms with Crippen LogP contribution in [-0.4, -0.2) is 18.1 Å². The van der Waals surface area contributed by atoms with Gasteiger partial charge in [-0.25, -0.2) is 4.79 Å². The molecule has 2 amide bonds. The third-order valence-corrected chi connectivity index (χ3v) is 2.19. The summed E-state index contributed by atoms with van der Waals surface area (Å²) in [7, 11) is 0. The third-order valence-electron chi connectivity index (χ3n) is 2.19. The van der Waals surface area contributed by atoms with Crippen molar-refractivity contribution < 1.29 is 14.3 Å². The molecule has 1 aromatic carbocycles. The molecular formula is C14H19N2O3. The fraction of sp³-hybridized carbons (Fsp3) is 0.429. The SMILES string of the molecule is CC(C)(C)OC(=O)NCc1cccc(CN[C]=O)c1. The van der Waals surface area contributed by atoms with Crippen LogP contribution in [0.2, 0.25) is 0 Å². The van der Waals surface area contributed by atoms with Crippen molar-refractivity contribution in [3.63, 3.8) is 0 Å². The van der Waals surface area contributed by atoms with Crippen molar-refractivity contribution >= 4 is 12.5 Å². The van der Waals surface area contributed by atoms with Crippen LogP contribution in [0.4, 0.5) is 4.79 Å². The van der Waals surface area contributed by atoms with Crippen molar-refractivity contribution in [2.45, 2.75) is 39.5 Å². The van der Waals surface area contributed by atoms with Crippen molar-refractivity contribution in [1.82, 2.24) is 10.6 Å². The van der Waals surface area contributed by atoms with Gasteiger partial charge in [-0.05, 0) is 31.9 Å². The van der Waals surface area contributed by atoms with E-state index in [1.165, 1.54) is 0 Å². The molecule has 0 saturated carbocycles. The minimum Gasteiger partial charge on any atom is -0.444 e. The van der Waals surface area contributed by atoms with Crippen LogP contribution in [0, 0.1) is 0 Å². The lowest BCUT2D eigenvalue weighted by atomic mass is 10.1. The van der Waals surface area contributed by atoms with Crippen LogP contribution >= 0.6 is 0 Å². The van der Waals surface area contributed by atoms with Crippen molar-refractivity contribution in [3.05, 3.63) is 35.4 Å². The molecule has 0 heterocycles. The highest BCUT2D eigenvalue weighted by atomic mass is 16.6. The molecule has 1 aromatic rings. The molecule has 0 fully saturated rings. The van der Waals surface area contributed by atoms with Gasteiger partial charge in [-0.2, -0.15) is 0 Å². The number of amides is 2. The van der Waals surface area contributed by atoms with Crippen molar-refractivity contribution in [3.8, 4) is 0 Å². The number of benzene rings is 1. The van der Waals surface area contributed by atoms with Crippen molar-refractivity contribution in [1.29, 1.82) is 0 Å². The van der Waals surface area contributed by atoms with Crippen LogP contribution in [0.5, 0.6) is 0 Å². The molecule has 5 nitrogen and oxygen atoms in total. The minimum atomic E-state index is -0.504. The highest BCUT2D eigenvalue weighted by Gasteiger charge is 2.15. The van der Waals surface area contributed by atoms with E-state index in [2.05, 4.69) is 10.6 Å². The Morgan fingerprint density at radius 2 is 1.89 bits per heavy atom. The number of nitrogens with one attached hydrogen (secondary N) is 2. The summed E-state index contributed by atoms with van der Waals surface area (Å²) in [6.45, 7) is 6.25. The van der Waals surface area contributed by atoms with Crippen LogP contribution < -0.4 is 10.6 Å². The molecule has 0 aliphatic carbocycles. The summed E-state index contributed by atoms with van der Waals surface area (Å²) in [5, 5.41) is 5.15. The van der Waals surface area contributed by atoms with E-state index in [1.54, 1.807) is 6.41 Å². The number of hydrogen-bond donors (Lipinski definition) is 2. The summed E-state index contributed by atoms with van der Waals surface area (Å²) in [6, 6.07) is 7.56. The molecule has 5 heteroatoms.